The maximum atomic E-state index is 13.1. The first-order valence-corrected chi connectivity index (χ1v) is 12.3. The van der Waals surface area contributed by atoms with Crippen LogP contribution in [0.1, 0.15) is 26.3 Å². The maximum absolute atomic E-state index is 13.1. The summed E-state index contributed by atoms with van der Waals surface area (Å²) in [6.07, 6.45) is 3.30. The number of carbonyl (C=O) groups is 1. The molecule has 0 spiro atoms. The van der Waals surface area contributed by atoms with Gasteiger partial charge in [-0.2, -0.15) is 0 Å². The first kappa shape index (κ1) is 25.0. The summed E-state index contributed by atoms with van der Waals surface area (Å²) in [5, 5.41) is 7.81. The minimum atomic E-state index is -0.358. The molecule has 2 N–H and O–H groups in total. The molecular weight excluding hydrogens is 478 g/mol. The highest BCUT2D eigenvalue weighted by Crippen LogP contribution is 2.33. The molecule has 0 unspecified atom stereocenters. The number of rotatable bonds is 5. The van der Waals surface area contributed by atoms with Crippen molar-refractivity contribution in [2.45, 2.75) is 26.2 Å². The summed E-state index contributed by atoms with van der Waals surface area (Å²) in [5.74, 6) is 1.35. The third kappa shape index (κ3) is 4.58. The molecule has 38 heavy (non-hydrogen) atoms. The lowest BCUT2D eigenvalue weighted by Crippen LogP contribution is -2.21. The highest BCUT2D eigenvalue weighted by Gasteiger charge is 2.18. The van der Waals surface area contributed by atoms with E-state index in [9.17, 15) is 4.79 Å². The molecule has 2 amide bonds. The van der Waals surface area contributed by atoms with Gasteiger partial charge in [0, 0.05) is 24.9 Å². The van der Waals surface area contributed by atoms with Crippen molar-refractivity contribution in [3.8, 4) is 11.4 Å². The van der Waals surface area contributed by atoms with E-state index in [0.29, 0.717) is 22.8 Å². The molecule has 5 aromatic rings. The van der Waals surface area contributed by atoms with E-state index < -0.39 is 0 Å². The number of amides is 2. The lowest BCUT2D eigenvalue weighted by atomic mass is 9.87. The molecule has 5 rings (SSSR count). The van der Waals surface area contributed by atoms with E-state index in [1.807, 2.05) is 78.2 Å². The van der Waals surface area contributed by atoms with E-state index in [0.717, 1.165) is 33.4 Å². The summed E-state index contributed by atoms with van der Waals surface area (Å²) in [7, 11) is 5.45. The molecule has 194 valence electrons. The normalized spacial score (nSPS) is 11.5. The van der Waals surface area contributed by atoms with Crippen LogP contribution >= 0.6 is 0 Å². The van der Waals surface area contributed by atoms with Crippen LogP contribution in [0.25, 0.3) is 27.6 Å². The minimum absolute atomic E-state index is 0.0685. The Morgan fingerprint density at radius 2 is 1.66 bits per heavy atom. The maximum Gasteiger partial charge on any atom is 0.323 e. The smallest absolute Gasteiger partial charge is 0.323 e. The van der Waals surface area contributed by atoms with Crippen LogP contribution in [0.5, 0.6) is 5.75 Å². The van der Waals surface area contributed by atoms with Gasteiger partial charge in [0.05, 0.1) is 24.2 Å². The molecule has 0 aliphatic heterocycles. The zero-order valence-electron chi connectivity index (χ0n) is 22.4. The fourth-order valence-corrected chi connectivity index (χ4v) is 4.48. The van der Waals surface area contributed by atoms with Crippen molar-refractivity contribution in [3.05, 3.63) is 72.8 Å². The molecule has 2 heterocycles. The highest BCUT2D eigenvalue weighted by molar-refractivity contribution is 6.08. The second-order valence-electron chi connectivity index (χ2n) is 10.3. The summed E-state index contributed by atoms with van der Waals surface area (Å²) in [6.45, 7) is 6.38. The molecule has 3 aromatic carbocycles. The molecule has 0 bridgehead atoms. The minimum Gasteiger partial charge on any atom is -0.495 e. The Morgan fingerprint density at radius 3 is 2.37 bits per heavy atom. The fraction of sp³-hybridized carbons (Fsp3) is 0.241. The highest BCUT2D eigenvalue weighted by atomic mass is 16.5. The summed E-state index contributed by atoms with van der Waals surface area (Å²) in [5.41, 5.74) is 4.64. The number of methoxy groups -OCH3 is 1. The van der Waals surface area contributed by atoms with Gasteiger partial charge in [-0.25, -0.2) is 19.7 Å². The van der Waals surface area contributed by atoms with E-state index >= 15 is 0 Å². The monoisotopic (exact) mass is 509 g/mol. The first-order chi connectivity index (χ1) is 18.2. The molecule has 0 aliphatic carbocycles. The number of ether oxygens (including phenoxy) is 1. The van der Waals surface area contributed by atoms with Crippen LogP contribution in [-0.4, -0.2) is 46.8 Å². The summed E-state index contributed by atoms with van der Waals surface area (Å²) in [6, 6.07) is 17.2. The molecular formula is C29H31N7O2. The van der Waals surface area contributed by atoms with E-state index in [1.54, 1.807) is 19.8 Å². The van der Waals surface area contributed by atoms with Gasteiger partial charge in [0.25, 0.3) is 0 Å². The number of benzene rings is 3. The van der Waals surface area contributed by atoms with Crippen LogP contribution in [0.15, 0.2) is 67.3 Å². The van der Waals surface area contributed by atoms with Crippen LogP contribution in [-0.2, 0) is 5.41 Å². The van der Waals surface area contributed by atoms with Gasteiger partial charge in [-0.1, -0.05) is 51.1 Å². The Bertz CT molecular complexity index is 1650. The van der Waals surface area contributed by atoms with E-state index in [4.69, 9.17) is 4.74 Å². The number of hydrogen-bond donors (Lipinski definition) is 2. The van der Waals surface area contributed by atoms with Gasteiger partial charge in [-0.3, -0.25) is 4.57 Å². The Labute approximate surface area is 221 Å². The van der Waals surface area contributed by atoms with Gasteiger partial charge in [0.1, 0.15) is 18.4 Å². The number of carbonyl (C=O) groups excluding carboxylic acids is 1. The summed E-state index contributed by atoms with van der Waals surface area (Å²) < 4.78 is 7.43. The molecule has 0 atom stereocenters. The fourth-order valence-electron chi connectivity index (χ4n) is 4.48. The molecule has 0 aliphatic rings. The zero-order chi connectivity index (χ0) is 27.0. The first-order valence-electron chi connectivity index (χ1n) is 12.3. The van der Waals surface area contributed by atoms with Gasteiger partial charge in [-0.15, -0.1) is 0 Å². The van der Waals surface area contributed by atoms with Crippen LogP contribution in [0, 0.1) is 0 Å². The predicted octanol–water partition coefficient (Wildman–Crippen LogP) is 5.98. The van der Waals surface area contributed by atoms with Crippen molar-refractivity contribution in [1.29, 1.82) is 0 Å². The average Bonchev–Trinajstić information content (AvgIpc) is 3.32. The Hall–Kier alpha value is -4.66. The van der Waals surface area contributed by atoms with Gasteiger partial charge < -0.3 is 20.3 Å². The van der Waals surface area contributed by atoms with Crippen molar-refractivity contribution in [2.24, 2.45) is 0 Å². The van der Waals surface area contributed by atoms with Crippen LogP contribution in [0.4, 0.5) is 22.0 Å². The van der Waals surface area contributed by atoms with Crippen molar-refractivity contribution in [2.75, 3.05) is 36.7 Å². The predicted molar refractivity (Wildman–Crippen MR) is 153 cm³/mol. The zero-order valence-corrected chi connectivity index (χ0v) is 22.4. The quantitative estimate of drug-likeness (QED) is 0.302. The Balaban J connectivity index is 1.50. The average molecular weight is 510 g/mol. The SMILES string of the molecule is COc1ccc(C(C)(C)C)cc1NC(=O)Nc1ccc(-n2cnc3c(N(C)C)ncnc32)c2ccccc12. The number of anilines is 3. The number of nitrogens with one attached hydrogen (secondary N) is 2. The Kier molecular flexibility index (Phi) is 6.36. The molecule has 0 saturated carbocycles. The molecule has 0 radical (unpaired) electrons. The van der Waals surface area contributed by atoms with Crippen LogP contribution < -0.4 is 20.3 Å². The number of urea groups is 1. The summed E-state index contributed by atoms with van der Waals surface area (Å²) in [4.78, 5) is 28.5. The Morgan fingerprint density at radius 1 is 0.921 bits per heavy atom. The third-order valence-electron chi connectivity index (χ3n) is 6.46. The van der Waals surface area contributed by atoms with Gasteiger partial charge in [0.2, 0.25) is 0 Å². The van der Waals surface area contributed by atoms with Crippen molar-refractivity contribution < 1.29 is 9.53 Å². The number of hydrogen-bond acceptors (Lipinski definition) is 6. The van der Waals surface area contributed by atoms with Gasteiger partial charge in [0.15, 0.2) is 17.0 Å². The third-order valence-corrected chi connectivity index (χ3v) is 6.46. The van der Waals surface area contributed by atoms with Crippen LogP contribution in [0.2, 0.25) is 0 Å². The largest absolute Gasteiger partial charge is 0.495 e. The second-order valence-corrected chi connectivity index (χ2v) is 10.3. The van der Waals surface area contributed by atoms with Crippen molar-refractivity contribution in [3.63, 3.8) is 0 Å². The standard InChI is InChI=1S/C29H31N7O2/c1-29(2,3)18-11-14-24(38-6)22(15-18)34-28(37)33-21-12-13-23(20-10-8-7-9-19(20)21)36-17-32-25-26(35(4)5)30-16-31-27(25)36/h7-17H,1-6H3,(H2,33,34,37). The second kappa shape index (κ2) is 9.66. The molecule has 0 fully saturated rings. The number of fused-ring (bicyclic) bond motifs is 2. The summed E-state index contributed by atoms with van der Waals surface area (Å²) >= 11 is 0. The van der Waals surface area contributed by atoms with Crippen LogP contribution in [0.3, 0.4) is 0 Å². The van der Waals surface area contributed by atoms with Gasteiger partial charge >= 0.3 is 6.03 Å². The number of aromatic nitrogens is 4. The van der Waals surface area contributed by atoms with E-state index in [-0.39, 0.29) is 11.4 Å². The lowest BCUT2D eigenvalue weighted by molar-refractivity contribution is 0.262. The van der Waals surface area contributed by atoms with Crippen molar-refractivity contribution in [1.82, 2.24) is 19.5 Å². The van der Waals surface area contributed by atoms with E-state index in [1.165, 1.54) is 0 Å². The number of nitrogens with zero attached hydrogens (tertiary/aromatic N) is 5. The van der Waals surface area contributed by atoms with E-state index in [2.05, 4.69) is 46.4 Å². The lowest BCUT2D eigenvalue weighted by Gasteiger charge is -2.21. The molecule has 2 aromatic heterocycles. The molecule has 9 nitrogen and oxygen atoms in total. The topological polar surface area (TPSA) is 97.2 Å². The molecule has 9 heteroatoms. The van der Waals surface area contributed by atoms with Gasteiger partial charge in [-0.05, 0) is 35.2 Å². The van der Waals surface area contributed by atoms with Crippen molar-refractivity contribution >= 4 is 45.2 Å². The number of imidazole rings is 1. The molecule has 0 saturated heterocycles.